The molecule has 0 bridgehead atoms. The van der Waals surface area contributed by atoms with E-state index in [1.165, 1.54) is 11.3 Å². The summed E-state index contributed by atoms with van der Waals surface area (Å²) in [6.45, 7) is 5.11. The summed E-state index contributed by atoms with van der Waals surface area (Å²) < 4.78 is 0. The molecule has 0 aromatic carbocycles. The number of hydrogen-bond acceptors (Lipinski definition) is 1. The van der Waals surface area contributed by atoms with Gasteiger partial charge in [-0.3, -0.25) is 4.99 Å². The highest BCUT2D eigenvalue weighted by molar-refractivity contribution is 6.09. The first-order valence-corrected chi connectivity index (χ1v) is 2.51. The zero-order valence-corrected chi connectivity index (χ0v) is 4.73. The molecule has 38 valence electrons. The summed E-state index contributed by atoms with van der Waals surface area (Å²) in [4.78, 5) is 4.02. The molecule has 0 N–H and O–H groups in total. The van der Waals surface area contributed by atoms with Gasteiger partial charge in [-0.2, -0.15) is 0 Å². The summed E-state index contributed by atoms with van der Waals surface area (Å²) >= 11 is 0. The lowest BCUT2D eigenvalue weighted by Crippen LogP contribution is -1.81. The molecule has 0 spiro atoms. The van der Waals surface area contributed by atoms with E-state index in [9.17, 15) is 0 Å². The summed E-state index contributed by atoms with van der Waals surface area (Å²) in [5.74, 6) is 0. The van der Waals surface area contributed by atoms with Crippen molar-refractivity contribution in [3.63, 3.8) is 0 Å². The normalized spacial score (nSPS) is 19.1. The Bertz CT molecular complexity index is 131. The minimum absolute atomic E-state index is 0.982. The van der Waals surface area contributed by atoms with Crippen molar-refractivity contribution in [3.8, 4) is 0 Å². The third-order valence-electron chi connectivity index (χ3n) is 1.20. The fraction of sp³-hybridized carbons (Fsp3) is 0.500. The molecule has 1 heterocycles. The van der Waals surface area contributed by atoms with Crippen LogP contribution in [0.2, 0.25) is 0 Å². The predicted octanol–water partition coefficient (Wildman–Crippen LogP) is 1.41. The maximum absolute atomic E-state index is 4.02. The van der Waals surface area contributed by atoms with Gasteiger partial charge in [0.1, 0.15) is 0 Å². The fourth-order valence-corrected chi connectivity index (χ4v) is 0.456. The summed E-state index contributed by atoms with van der Waals surface area (Å²) in [6, 6.07) is 0. The molecule has 0 amide bonds. The van der Waals surface area contributed by atoms with Crippen molar-refractivity contribution in [1.82, 2.24) is 0 Å². The van der Waals surface area contributed by atoms with Crippen LogP contribution in [0.15, 0.2) is 16.6 Å². The Morgan fingerprint density at radius 1 is 1.86 bits per heavy atom. The number of rotatable bonds is 1. The quantitative estimate of drug-likeness (QED) is 0.467. The van der Waals surface area contributed by atoms with Crippen molar-refractivity contribution in [1.29, 1.82) is 0 Å². The Morgan fingerprint density at radius 3 is 2.57 bits per heavy atom. The standard InChI is InChI=1S/C6H9N/c1-3-5(2)6-4-7-6/h3H,4H2,1-2H3/b5-3+. The molecule has 0 aromatic heterocycles. The highest BCUT2D eigenvalue weighted by Crippen LogP contribution is 2.06. The Kier molecular flexibility index (Phi) is 0.970. The van der Waals surface area contributed by atoms with Crippen molar-refractivity contribution in [2.45, 2.75) is 13.8 Å². The van der Waals surface area contributed by atoms with Gasteiger partial charge in [-0.25, -0.2) is 0 Å². The maximum atomic E-state index is 4.02. The molecular formula is C6H9N. The van der Waals surface area contributed by atoms with Crippen LogP contribution in [0.4, 0.5) is 0 Å². The van der Waals surface area contributed by atoms with E-state index in [4.69, 9.17) is 0 Å². The highest BCUT2D eigenvalue weighted by Gasteiger charge is 2.08. The van der Waals surface area contributed by atoms with Crippen LogP contribution in [0.25, 0.3) is 0 Å². The molecule has 0 aromatic rings. The third-order valence-corrected chi connectivity index (χ3v) is 1.20. The van der Waals surface area contributed by atoms with Crippen LogP contribution in [0.5, 0.6) is 0 Å². The largest absolute Gasteiger partial charge is 0.281 e. The van der Waals surface area contributed by atoms with Gasteiger partial charge in [0.15, 0.2) is 0 Å². The van der Waals surface area contributed by atoms with E-state index in [-0.39, 0.29) is 0 Å². The smallest absolute Gasteiger partial charge is 0.0814 e. The first-order valence-electron chi connectivity index (χ1n) is 2.51. The van der Waals surface area contributed by atoms with Gasteiger partial charge in [0.25, 0.3) is 0 Å². The second-order valence-corrected chi connectivity index (χ2v) is 1.73. The lowest BCUT2D eigenvalue weighted by atomic mass is 10.2. The average molecular weight is 95.1 g/mol. The van der Waals surface area contributed by atoms with Crippen LogP contribution < -0.4 is 0 Å². The highest BCUT2D eigenvalue weighted by atomic mass is 14.9. The Hall–Kier alpha value is -0.590. The third kappa shape index (κ3) is 0.889. The van der Waals surface area contributed by atoms with Crippen molar-refractivity contribution >= 4 is 5.71 Å². The molecule has 7 heavy (non-hydrogen) atoms. The van der Waals surface area contributed by atoms with Crippen LogP contribution in [0, 0.1) is 0 Å². The van der Waals surface area contributed by atoms with E-state index in [0.29, 0.717) is 0 Å². The lowest BCUT2D eigenvalue weighted by molar-refractivity contribution is 1.54. The summed E-state index contributed by atoms with van der Waals surface area (Å²) in [7, 11) is 0. The lowest BCUT2D eigenvalue weighted by Gasteiger charge is -1.80. The molecule has 0 fully saturated rings. The van der Waals surface area contributed by atoms with Gasteiger partial charge in [0, 0.05) is 0 Å². The Morgan fingerprint density at radius 2 is 2.43 bits per heavy atom. The van der Waals surface area contributed by atoms with Gasteiger partial charge >= 0.3 is 0 Å². The van der Waals surface area contributed by atoms with Gasteiger partial charge in [0.2, 0.25) is 0 Å². The molecule has 1 nitrogen and oxygen atoms in total. The molecule has 1 rings (SSSR count). The van der Waals surface area contributed by atoms with E-state index >= 15 is 0 Å². The Balaban J connectivity index is 2.54. The van der Waals surface area contributed by atoms with Gasteiger partial charge in [-0.05, 0) is 19.4 Å². The van der Waals surface area contributed by atoms with E-state index in [1.54, 1.807) is 0 Å². The van der Waals surface area contributed by atoms with E-state index in [2.05, 4.69) is 18.0 Å². The van der Waals surface area contributed by atoms with Gasteiger partial charge in [-0.15, -0.1) is 0 Å². The van der Waals surface area contributed by atoms with Crippen molar-refractivity contribution in [2.24, 2.45) is 4.99 Å². The number of hydrogen-bond donors (Lipinski definition) is 0. The summed E-state index contributed by atoms with van der Waals surface area (Å²) in [5, 5.41) is 0. The second kappa shape index (κ2) is 1.49. The van der Waals surface area contributed by atoms with Crippen LogP contribution in [-0.4, -0.2) is 12.3 Å². The van der Waals surface area contributed by atoms with Crippen LogP contribution in [0.1, 0.15) is 13.8 Å². The molecule has 1 heteroatoms. The SMILES string of the molecule is C/C=C(\C)C1=NC1. The molecule has 0 aliphatic carbocycles. The van der Waals surface area contributed by atoms with Gasteiger partial charge < -0.3 is 0 Å². The molecule has 0 radical (unpaired) electrons. The van der Waals surface area contributed by atoms with Crippen molar-refractivity contribution in [3.05, 3.63) is 11.6 Å². The fourth-order valence-electron chi connectivity index (χ4n) is 0.456. The van der Waals surface area contributed by atoms with E-state index < -0.39 is 0 Å². The van der Waals surface area contributed by atoms with Crippen LogP contribution in [-0.2, 0) is 0 Å². The van der Waals surface area contributed by atoms with Crippen molar-refractivity contribution < 1.29 is 0 Å². The first kappa shape index (κ1) is 4.57. The minimum atomic E-state index is 0.982. The first-order chi connectivity index (χ1) is 3.34. The van der Waals surface area contributed by atoms with Gasteiger partial charge in [-0.1, -0.05) is 6.08 Å². The Labute approximate surface area is 43.8 Å². The summed E-state index contributed by atoms with van der Waals surface area (Å²) in [5.41, 5.74) is 2.61. The summed E-state index contributed by atoms with van der Waals surface area (Å²) in [6.07, 6.45) is 2.09. The van der Waals surface area contributed by atoms with E-state index in [0.717, 1.165) is 6.54 Å². The molecule has 1 aliphatic heterocycles. The van der Waals surface area contributed by atoms with Crippen LogP contribution in [0.3, 0.4) is 0 Å². The molecular weight excluding hydrogens is 86.1 g/mol. The molecule has 0 saturated heterocycles. The minimum Gasteiger partial charge on any atom is -0.281 e. The van der Waals surface area contributed by atoms with Gasteiger partial charge in [0.05, 0.1) is 12.3 Å². The molecule has 0 saturated carbocycles. The number of nitrogens with zero attached hydrogens (tertiary/aromatic N) is 1. The average Bonchev–Trinajstić information content (AvgIpc) is 2.44. The molecule has 1 aliphatic rings. The monoisotopic (exact) mass is 95.1 g/mol. The molecule has 0 unspecified atom stereocenters. The van der Waals surface area contributed by atoms with E-state index in [1.807, 2.05) is 6.92 Å². The molecule has 0 atom stereocenters. The zero-order valence-electron chi connectivity index (χ0n) is 4.73. The topological polar surface area (TPSA) is 12.4 Å². The number of aliphatic imine (C=N–C) groups is 1. The zero-order chi connectivity index (χ0) is 5.28. The van der Waals surface area contributed by atoms with Crippen LogP contribution >= 0.6 is 0 Å². The predicted molar refractivity (Wildman–Crippen MR) is 31.7 cm³/mol. The number of allylic oxidation sites excluding steroid dienone is 1. The second-order valence-electron chi connectivity index (χ2n) is 1.73. The maximum Gasteiger partial charge on any atom is 0.0814 e. The van der Waals surface area contributed by atoms with Crippen molar-refractivity contribution in [2.75, 3.05) is 6.54 Å².